The SMILES string of the molecule is CCOC(C(C)C)C(N)c1ccc(F)c(F)c1F. The molecule has 0 radical (unpaired) electrons. The Morgan fingerprint density at radius 3 is 2.28 bits per heavy atom. The van der Waals surface area contributed by atoms with Crippen molar-refractivity contribution in [3.63, 3.8) is 0 Å². The van der Waals surface area contributed by atoms with E-state index in [4.69, 9.17) is 10.5 Å². The van der Waals surface area contributed by atoms with Gasteiger partial charge in [0.1, 0.15) is 0 Å². The molecule has 18 heavy (non-hydrogen) atoms. The van der Waals surface area contributed by atoms with Crippen LogP contribution < -0.4 is 5.73 Å². The summed E-state index contributed by atoms with van der Waals surface area (Å²) < 4.78 is 45.1. The summed E-state index contributed by atoms with van der Waals surface area (Å²) in [5.41, 5.74) is 5.82. The van der Waals surface area contributed by atoms with Gasteiger partial charge < -0.3 is 10.5 Å². The Kier molecular flexibility index (Phi) is 5.16. The third-order valence-corrected chi connectivity index (χ3v) is 2.79. The van der Waals surface area contributed by atoms with Gasteiger partial charge in [-0.1, -0.05) is 19.9 Å². The van der Waals surface area contributed by atoms with Gasteiger partial charge in [-0.25, -0.2) is 13.2 Å². The molecular formula is C13H18F3NO. The van der Waals surface area contributed by atoms with Crippen molar-refractivity contribution >= 4 is 0 Å². The fourth-order valence-corrected chi connectivity index (χ4v) is 1.88. The summed E-state index contributed by atoms with van der Waals surface area (Å²) in [5.74, 6) is -3.93. The van der Waals surface area contributed by atoms with Crippen molar-refractivity contribution in [3.8, 4) is 0 Å². The first-order valence-electron chi connectivity index (χ1n) is 5.90. The molecule has 0 aromatic heterocycles. The smallest absolute Gasteiger partial charge is 0.194 e. The lowest BCUT2D eigenvalue weighted by Crippen LogP contribution is -2.34. The Morgan fingerprint density at radius 1 is 1.17 bits per heavy atom. The lowest BCUT2D eigenvalue weighted by atomic mass is 9.93. The van der Waals surface area contributed by atoms with Gasteiger partial charge in [0.2, 0.25) is 0 Å². The molecule has 102 valence electrons. The van der Waals surface area contributed by atoms with Crippen LogP contribution in [0.4, 0.5) is 13.2 Å². The van der Waals surface area contributed by atoms with Crippen LogP contribution >= 0.6 is 0 Å². The summed E-state index contributed by atoms with van der Waals surface area (Å²) in [5, 5.41) is 0. The average Bonchev–Trinajstić information content (AvgIpc) is 2.32. The molecule has 0 aliphatic rings. The zero-order chi connectivity index (χ0) is 13.9. The number of hydrogen-bond acceptors (Lipinski definition) is 2. The maximum Gasteiger partial charge on any atom is 0.194 e. The van der Waals surface area contributed by atoms with E-state index >= 15 is 0 Å². The number of rotatable bonds is 5. The average molecular weight is 261 g/mol. The van der Waals surface area contributed by atoms with Crippen LogP contribution in [0.15, 0.2) is 12.1 Å². The van der Waals surface area contributed by atoms with Crippen LogP contribution in [0, 0.1) is 23.4 Å². The van der Waals surface area contributed by atoms with Crippen molar-refractivity contribution in [1.82, 2.24) is 0 Å². The predicted molar refractivity (Wildman–Crippen MR) is 63.5 cm³/mol. The van der Waals surface area contributed by atoms with Gasteiger partial charge in [0, 0.05) is 12.2 Å². The lowest BCUT2D eigenvalue weighted by Gasteiger charge is -2.27. The Labute approximate surface area is 105 Å². The molecule has 0 saturated heterocycles. The first kappa shape index (κ1) is 15.0. The monoisotopic (exact) mass is 261 g/mol. The van der Waals surface area contributed by atoms with E-state index in [1.807, 2.05) is 13.8 Å². The third-order valence-electron chi connectivity index (χ3n) is 2.79. The molecule has 0 saturated carbocycles. The molecule has 0 fully saturated rings. The van der Waals surface area contributed by atoms with Crippen LogP contribution in [0.2, 0.25) is 0 Å². The Hall–Kier alpha value is -1.07. The van der Waals surface area contributed by atoms with Crippen molar-refractivity contribution in [2.45, 2.75) is 32.9 Å². The highest BCUT2D eigenvalue weighted by Crippen LogP contribution is 2.26. The molecule has 0 aliphatic heterocycles. The maximum absolute atomic E-state index is 13.6. The molecule has 2 N–H and O–H groups in total. The molecule has 1 aromatic carbocycles. The number of halogens is 3. The molecule has 2 atom stereocenters. The quantitative estimate of drug-likeness (QED) is 0.826. The second kappa shape index (κ2) is 6.20. The van der Waals surface area contributed by atoms with Crippen LogP contribution in [0.5, 0.6) is 0 Å². The van der Waals surface area contributed by atoms with E-state index in [2.05, 4.69) is 0 Å². The van der Waals surface area contributed by atoms with E-state index in [1.54, 1.807) is 6.92 Å². The zero-order valence-electron chi connectivity index (χ0n) is 10.7. The molecule has 1 rings (SSSR count). The molecule has 2 nitrogen and oxygen atoms in total. The fraction of sp³-hybridized carbons (Fsp3) is 0.538. The molecule has 5 heteroatoms. The standard InChI is InChI=1S/C13H18F3NO/c1-4-18-13(7(2)3)12(17)8-5-6-9(14)11(16)10(8)15/h5-7,12-13H,4,17H2,1-3H3. The van der Waals surface area contributed by atoms with Gasteiger partial charge in [0.25, 0.3) is 0 Å². The Balaban J connectivity index is 3.09. The summed E-state index contributed by atoms with van der Waals surface area (Å²) in [4.78, 5) is 0. The van der Waals surface area contributed by atoms with E-state index in [0.717, 1.165) is 12.1 Å². The van der Waals surface area contributed by atoms with Crippen LogP contribution in [0.25, 0.3) is 0 Å². The first-order chi connectivity index (χ1) is 8.40. The van der Waals surface area contributed by atoms with Gasteiger partial charge in [0.05, 0.1) is 12.1 Å². The van der Waals surface area contributed by atoms with Gasteiger partial charge in [-0.05, 0) is 18.9 Å². The number of benzene rings is 1. The first-order valence-corrected chi connectivity index (χ1v) is 5.90. The van der Waals surface area contributed by atoms with E-state index in [1.165, 1.54) is 0 Å². The van der Waals surface area contributed by atoms with Crippen molar-refractivity contribution in [2.24, 2.45) is 11.7 Å². The van der Waals surface area contributed by atoms with E-state index in [9.17, 15) is 13.2 Å². The van der Waals surface area contributed by atoms with Crippen LogP contribution in [-0.2, 0) is 4.74 Å². The van der Waals surface area contributed by atoms with Crippen LogP contribution in [-0.4, -0.2) is 12.7 Å². The number of hydrogen-bond donors (Lipinski definition) is 1. The summed E-state index contributed by atoms with van der Waals surface area (Å²) in [6, 6.07) is 1.20. The maximum atomic E-state index is 13.6. The minimum Gasteiger partial charge on any atom is -0.376 e. The summed E-state index contributed by atoms with van der Waals surface area (Å²) >= 11 is 0. The van der Waals surface area contributed by atoms with Gasteiger partial charge in [-0.15, -0.1) is 0 Å². The molecule has 2 unspecified atom stereocenters. The van der Waals surface area contributed by atoms with Crippen molar-refractivity contribution in [2.75, 3.05) is 6.61 Å². The van der Waals surface area contributed by atoms with Crippen molar-refractivity contribution in [1.29, 1.82) is 0 Å². The second-order valence-corrected chi connectivity index (χ2v) is 4.45. The molecule has 0 spiro atoms. The number of nitrogens with two attached hydrogens (primary N) is 1. The van der Waals surface area contributed by atoms with Gasteiger partial charge in [0.15, 0.2) is 17.5 Å². The highest BCUT2D eigenvalue weighted by Gasteiger charge is 2.27. The van der Waals surface area contributed by atoms with Crippen molar-refractivity contribution in [3.05, 3.63) is 35.1 Å². The topological polar surface area (TPSA) is 35.2 Å². The minimum atomic E-state index is -1.50. The largest absolute Gasteiger partial charge is 0.376 e. The van der Waals surface area contributed by atoms with Crippen LogP contribution in [0.3, 0.4) is 0 Å². The highest BCUT2D eigenvalue weighted by molar-refractivity contribution is 5.24. The summed E-state index contributed by atoms with van der Waals surface area (Å²) in [6.07, 6.45) is -0.450. The molecule has 0 aliphatic carbocycles. The van der Waals surface area contributed by atoms with Gasteiger partial charge in [-0.3, -0.25) is 0 Å². The highest BCUT2D eigenvalue weighted by atomic mass is 19.2. The molecular weight excluding hydrogens is 243 g/mol. The number of ether oxygens (including phenoxy) is 1. The molecule has 0 bridgehead atoms. The normalized spacial score (nSPS) is 14.9. The zero-order valence-corrected chi connectivity index (χ0v) is 10.7. The van der Waals surface area contributed by atoms with Crippen molar-refractivity contribution < 1.29 is 17.9 Å². The van der Waals surface area contributed by atoms with Gasteiger partial charge >= 0.3 is 0 Å². The molecule has 0 heterocycles. The van der Waals surface area contributed by atoms with E-state index < -0.39 is 29.6 Å². The molecule has 1 aromatic rings. The van der Waals surface area contributed by atoms with E-state index in [-0.39, 0.29) is 11.5 Å². The van der Waals surface area contributed by atoms with E-state index in [0.29, 0.717) is 6.61 Å². The third kappa shape index (κ3) is 3.03. The minimum absolute atomic E-state index is 0.0347. The predicted octanol–water partition coefficient (Wildman–Crippen LogP) is 3.16. The lowest BCUT2D eigenvalue weighted by molar-refractivity contribution is 0.0113. The van der Waals surface area contributed by atoms with Gasteiger partial charge in [-0.2, -0.15) is 0 Å². The van der Waals surface area contributed by atoms with Crippen LogP contribution in [0.1, 0.15) is 32.4 Å². The Bertz CT molecular complexity index is 409. The summed E-state index contributed by atoms with van der Waals surface area (Å²) in [7, 11) is 0. The Morgan fingerprint density at radius 2 is 1.78 bits per heavy atom. The second-order valence-electron chi connectivity index (χ2n) is 4.45. The fourth-order valence-electron chi connectivity index (χ4n) is 1.88. The molecule has 0 amide bonds. The summed E-state index contributed by atoms with van der Waals surface area (Å²) in [6.45, 7) is 5.96.